The van der Waals surface area contributed by atoms with Crippen molar-refractivity contribution in [3.05, 3.63) is 31.4 Å². The van der Waals surface area contributed by atoms with E-state index >= 15 is 0 Å². The second-order valence-electron chi connectivity index (χ2n) is 3.21. The Balaban J connectivity index is 2.13. The van der Waals surface area contributed by atoms with Crippen LogP contribution in [-0.2, 0) is 0 Å². The van der Waals surface area contributed by atoms with Crippen LogP contribution in [0.25, 0.3) is 11.9 Å². The van der Waals surface area contributed by atoms with E-state index in [4.69, 9.17) is 5.84 Å². The van der Waals surface area contributed by atoms with Crippen molar-refractivity contribution < 1.29 is 0 Å². The number of hydrogen-bond acceptors (Lipinski definition) is 8. The van der Waals surface area contributed by atoms with Gasteiger partial charge in [0.25, 0.3) is 5.95 Å². The molecule has 0 aliphatic heterocycles. The van der Waals surface area contributed by atoms with Crippen molar-refractivity contribution in [2.45, 2.75) is 0 Å². The number of aromatic nitrogens is 8. The number of hydrogen-bond donors (Lipinski definition) is 2. The van der Waals surface area contributed by atoms with Gasteiger partial charge in [-0.3, -0.25) is 9.99 Å². The van der Waals surface area contributed by atoms with Gasteiger partial charge in [-0.05, 0) is 0 Å². The van der Waals surface area contributed by atoms with Crippen molar-refractivity contribution in [3.8, 4) is 11.9 Å². The molecule has 0 aliphatic carbocycles. The molecule has 0 saturated heterocycles. The average Bonchev–Trinajstić information content (AvgIpc) is 3.10. The van der Waals surface area contributed by atoms with Crippen LogP contribution >= 0.6 is 0 Å². The SMILES string of the molecule is NNc1nc(-n2ccnc2)nc(-n2cncn2)n1. The first kappa shape index (κ1) is 10.3. The van der Waals surface area contributed by atoms with Crippen molar-refractivity contribution in [2.24, 2.45) is 5.84 Å². The standard InChI is InChI=1S/C8H8N10/c9-16-6-13-7(17-2-1-10-4-17)15-8(14-6)18-5-11-3-12-18/h1-5H,9H2,(H,13,14,15,16). The molecule has 0 aromatic carbocycles. The van der Waals surface area contributed by atoms with Gasteiger partial charge < -0.3 is 0 Å². The third-order valence-electron chi connectivity index (χ3n) is 2.10. The van der Waals surface area contributed by atoms with E-state index in [1.165, 1.54) is 17.3 Å². The summed E-state index contributed by atoms with van der Waals surface area (Å²) in [6.45, 7) is 0. The van der Waals surface area contributed by atoms with E-state index in [0.717, 1.165) is 0 Å². The number of nitrogens with zero attached hydrogens (tertiary/aromatic N) is 8. The number of nitrogens with two attached hydrogens (primary N) is 1. The molecule has 0 saturated carbocycles. The van der Waals surface area contributed by atoms with Gasteiger partial charge in [0, 0.05) is 12.4 Å². The third kappa shape index (κ3) is 1.76. The minimum atomic E-state index is 0.221. The first-order chi connectivity index (χ1) is 8.86. The summed E-state index contributed by atoms with van der Waals surface area (Å²) in [5, 5.41) is 3.94. The highest BCUT2D eigenvalue weighted by Gasteiger charge is 2.09. The molecular formula is C8H8N10. The summed E-state index contributed by atoms with van der Waals surface area (Å²) in [6.07, 6.45) is 7.76. The van der Waals surface area contributed by atoms with Gasteiger partial charge in [0.2, 0.25) is 11.9 Å². The first-order valence-electron chi connectivity index (χ1n) is 4.93. The maximum atomic E-state index is 5.32. The molecule has 90 valence electrons. The number of nitrogens with one attached hydrogen (secondary N) is 1. The van der Waals surface area contributed by atoms with E-state index in [-0.39, 0.29) is 5.95 Å². The Morgan fingerprint density at radius 3 is 2.61 bits per heavy atom. The molecule has 0 atom stereocenters. The molecule has 3 rings (SSSR count). The van der Waals surface area contributed by atoms with Crippen LogP contribution in [0.5, 0.6) is 0 Å². The fourth-order valence-corrected chi connectivity index (χ4v) is 1.33. The summed E-state index contributed by atoms with van der Waals surface area (Å²) in [7, 11) is 0. The van der Waals surface area contributed by atoms with Crippen molar-refractivity contribution in [1.82, 2.24) is 39.3 Å². The molecule has 0 unspecified atom stereocenters. The van der Waals surface area contributed by atoms with Crippen LogP contribution in [0.4, 0.5) is 5.95 Å². The summed E-state index contributed by atoms with van der Waals surface area (Å²) in [5.41, 5.74) is 2.37. The molecule has 0 bridgehead atoms. The normalized spacial score (nSPS) is 10.5. The van der Waals surface area contributed by atoms with E-state index in [0.29, 0.717) is 11.9 Å². The number of hydrazine groups is 1. The zero-order chi connectivity index (χ0) is 12.4. The molecule has 0 fully saturated rings. The highest BCUT2D eigenvalue weighted by Crippen LogP contribution is 2.07. The summed E-state index contributed by atoms with van der Waals surface area (Å²) >= 11 is 0. The van der Waals surface area contributed by atoms with Crippen LogP contribution in [0.3, 0.4) is 0 Å². The van der Waals surface area contributed by atoms with E-state index in [2.05, 4.69) is 35.4 Å². The summed E-state index contributed by atoms with van der Waals surface area (Å²) in [4.78, 5) is 20.2. The van der Waals surface area contributed by atoms with Crippen molar-refractivity contribution in [3.63, 3.8) is 0 Å². The van der Waals surface area contributed by atoms with Gasteiger partial charge in [-0.2, -0.15) is 24.7 Å². The van der Waals surface area contributed by atoms with Crippen LogP contribution in [0.15, 0.2) is 31.4 Å². The summed E-state index contributed by atoms with van der Waals surface area (Å²) < 4.78 is 3.03. The molecule has 3 aromatic rings. The Labute approximate surface area is 101 Å². The predicted octanol–water partition coefficient (Wildman–Crippen LogP) is -1.08. The fourth-order valence-electron chi connectivity index (χ4n) is 1.33. The number of anilines is 1. The van der Waals surface area contributed by atoms with Crippen LogP contribution in [0.1, 0.15) is 0 Å². The molecule has 0 radical (unpaired) electrons. The van der Waals surface area contributed by atoms with E-state index < -0.39 is 0 Å². The Hall–Kier alpha value is -2.88. The minimum Gasteiger partial charge on any atom is -0.292 e. The first-order valence-corrected chi connectivity index (χ1v) is 4.93. The lowest BCUT2D eigenvalue weighted by molar-refractivity contribution is 0.774. The average molecular weight is 244 g/mol. The monoisotopic (exact) mass is 244 g/mol. The van der Waals surface area contributed by atoms with Gasteiger partial charge in [0.05, 0.1) is 0 Å². The van der Waals surface area contributed by atoms with Gasteiger partial charge in [-0.15, -0.1) is 0 Å². The highest BCUT2D eigenvalue weighted by atomic mass is 15.4. The second-order valence-corrected chi connectivity index (χ2v) is 3.21. The van der Waals surface area contributed by atoms with E-state index in [1.54, 1.807) is 23.3 Å². The number of nitrogen functional groups attached to an aromatic ring is 1. The zero-order valence-electron chi connectivity index (χ0n) is 9.04. The Kier molecular flexibility index (Phi) is 2.39. The summed E-state index contributed by atoms with van der Waals surface area (Å²) in [5.74, 6) is 6.22. The predicted molar refractivity (Wildman–Crippen MR) is 59.7 cm³/mol. The Morgan fingerprint density at radius 2 is 1.94 bits per heavy atom. The maximum Gasteiger partial charge on any atom is 0.258 e. The van der Waals surface area contributed by atoms with Crippen molar-refractivity contribution in [2.75, 3.05) is 5.43 Å². The van der Waals surface area contributed by atoms with Crippen LogP contribution in [0.2, 0.25) is 0 Å². The molecule has 18 heavy (non-hydrogen) atoms. The molecule has 10 heteroatoms. The van der Waals surface area contributed by atoms with Crippen LogP contribution in [0, 0.1) is 0 Å². The maximum absolute atomic E-state index is 5.32. The number of rotatable bonds is 3. The van der Waals surface area contributed by atoms with E-state index in [9.17, 15) is 0 Å². The van der Waals surface area contributed by atoms with Crippen LogP contribution < -0.4 is 11.3 Å². The van der Waals surface area contributed by atoms with Gasteiger partial charge in [0.15, 0.2) is 0 Å². The van der Waals surface area contributed by atoms with E-state index in [1.807, 2.05) is 0 Å². The van der Waals surface area contributed by atoms with Gasteiger partial charge in [0.1, 0.15) is 19.0 Å². The lowest BCUT2D eigenvalue weighted by atomic mass is 10.7. The molecule has 10 nitrogen and oxygen atoms in total. The molecule has 0 amide bonds. The highest BCUT2D eigenvalue weighted by molar-refractivity contribution is 5.31. The molecule has 0 aliphatic rings. The van der Waals surface area contributed by atoms with Crippen molar-refractivity contribution in [1.29, 1.82) is 0 Å². The quantitative estimate of drug-likeness (QED) is 0.440. The van der Waals surface area contributed by atoms with Crippen molar-refractivity contribution >= 4 is 5.95 Å². The lowest BCUT2D eigenvalue weighted by Gasteiger charge is -2.05. The summed E-state index contributed by atoms with van der Waals surface area (Å²) in [6, 6.07) is 0. The topological polar surface area (TPSA) is 125 Å². The molecular weight excluding hydrogens is 236 g/mol. The van der Waals surface area contributed by atoms with Gasteiger partial charge >= 0.3 is 0 Å². The molecule has 3 aromatic heterocycles. The Morgan fingerprint density at radius 1 is 1.06 bits per heavy atom. The largest absolute Gasteiger partial charge is 0.292 e. The van der Waals surface area contributed by atoms with Crippen LogP contribution in [-0.4, -0.2) is 39.3 Å². The lowest BCUT2D eigenvalue weighted by Crippen LogP contribution is -2.16. The molecule has 3 heterocycles. The number of imidazole rings is 1. The smallest absolute Gasteiger partial charge is 0.258 e. The fraction of sp³-hybridized carbons (Fsp3) is 0. The molecule has 0 spiro atoms. The van der Waals surface area contributed by atoms with Gasteiger partial charge in [-0.1, -0.05) is 0 Å². The molecule has 3 N–H and O–H groups in total. The minimum absolute atomic E-state index is 0.221. The zero-order valence-corrected chi connectivity index (χ0v) is 9.04. The Bertz CT molecular complexity index is 575. The second kappa shape index (κ2) is 4.18. The third-order valence-corrected chi connectivity index (χ3v) is 2.10. The van der Waals surface area contributed by atoms with Gasteiger partial charge in [-0.25, -0.2) is 15.8 Å².